The van der Waals surface area contributed by atoms with E-state index in [1.165, 1.54) is 0 Å². The number of nitrogens with zero attached hydrogens (tertiary/aromatic N) is 1. The number of ketones is 2. The van der Waals surface area contributed by atoms with Crippen molar-refractivity contribution in [2.24, 2.45) is 11.8 Å². The molecule has 1 aliphatic carbocycles. The van der Waals surface area contributed by atoms with Gasteiger partial charge in [-0.05, 0) is 86.8 Å². The van der Waals surface area contributed by atoms with E-state index in [2.05, 4.69) is 42.1 Å². The number of benzene rings is 2. The average molecular weight is 726 g/mol. The van der Waals surface area contributed by atoms with Crippen molar-refractivity contribution in [3.05, 3.63) is 78.4 Å². The second-order valence-corrected chi connectivity index (χ2v) is 13.1. The fourth-order valence-electron chi connectivity index (χ4n) is 5.86. The van der Waals surface area contributed by atoms with Crippen molar-refractivity contribution in [1.29, 1.82) is 0 Å². The van der Waals surface area contributed by atoms with E-state index in [-0.39, 0.29) is 40.0 Å². The Morgan fingerprint density at radius 3 is 2.33 bits per heavy atom. The number of aliphatic carboxylic acids is 1. The van der Waals surface area contributed by atoms with Gasteiger partial charge in [-0.1, -0.05) is 6.07 Å². The molecule has 2 aromatic carbocycles. The van der Waals surface area contributed by atoms with Gasteiger partial charge in [-0.25, -0.2) is 0 Å². The van der Waals surface area contributed by atoms with Crippen molar-refractivity contribution in [3.8, 4) is 0 Å². The fourth-order valence-corrected chi connectivity index (χ4v) is 7.50. The van der Waals surface area contributed by atoms with Crippen molar-refractivity contribution in [1.82, 2.24) is 0 Å². The number of carbonyl (C=O) groups excluding carboxylic acids is 4. The molecule has 2 fully saturated rings. The van der Waals surface area contributed by atoms with Crippen LogP contribution in [0.2, 0.25) is 0 Å². The van der Waals surface area contributed by atoms with Crippen molar-refractivity contribution in [3.63, 3.8) is 0 Å². The molecule has 1 aromatic heterocycles. The largest absolute Gasteiger partial charge is 1.00 e. The van der Waals surface area contributed by atoms with Crippen LogP contribution in [0.1, 0.15) is 36.6 Å². The van der Waals surface area contributed by atoms with Gasteiger partial charge >= 0.3 is 29.6 Å². The van der Waals surface area contributed by atoms with Gasteiger partial charge in [0, 0.05) is 49.8 Å². The zero-order valence-electron chi connectivity index (χ0n) is 22.6. The first kappa shape index (κ1) is 31.5. The number of nitrogens with one attached hydrogen (secondary N) is 1. The number of fused-ring (bicyclic) bond motifs is 1. The monoisotopic (exact) mass is 724 g/mol. The zero-order chi connectivity index (χ0) is 29.1. The number of thiophene rings is 1. The molecule has 212 valence electrons. The van der Waals surface area contributed by atoms with Gasteiger partial charge < -0.3 is 29.6 Å². The summed E-state index contributed by atoms with van der Waals surface area (Å²) in [6.45, 7) is 4.51. The van der Waals surface area contributed by atoms with Crippen molar-refractivity contribution < 1.29 is 63.3 Å². The van der Waals surface area contributed by atoms with Crippen LogP contribution in [0.25, 0.3) is 0 Å². The van der Waals surface area contributed by atoms with Crippen molar-refractivity contribution in [2.75, 3.05) is 36.5 Å². The molecule has 0 saturated carbocycles. The molecular weight excluding hydrogens is 703 g/mol. The molecule has 0 radical (unpaired) electrons. The maximum atomic E-state index is 13.9. The molecule has 3 aromatic rings. The van der Waals surface area contributed by atoms with E-state index < -0.39 is 47.0 Å². The van der Waals surface area contributed by atoms with Crippen molar-refractivity contribution in [2.45, 2.75) is 18.6 Å². The number of aryl methyl sites for hydroxylation is 1. The molecule has 1 spiro atoms. The molecular formula is C29H23Br2N2NaO7S. The summed E-state index contributed by atoms with van der Waals surface area (Å²) in [4.78, 5) is 57.3. The zero-order valence-corrected chi connectivity index (χ0v) is 28.6. The van der Waals surface area contributed by atoms with Gasteiger partial charge in [0.2, 0.25) is 23.1 Å². The minimum atomic E-state index is -2.40. The van der Waals surface area contributed by atoms with Crippen LogP contribution in [0.3, 0.4) is 0 Å². The van der Waals surface area contributed by atoms with Gasteiger partial charge in [-0.3, -0.25) is 14.4 Å². The number of hydrogen-bond donors (Lipinski definition) is 1. The van der Waals surface area contributed by atoms with E-state index in [1.807, 2.05) is 12.1 Å². The molecule has 3 aliphatic rings. The summed E-state index contributed by atoms with van der Waals surface area (Å²) in [5.41, 5.74) is -0.472. The molecule has 1 N–H and O–H groups in total. The Morgan fingerprint density at radius 2 is 1.71 bits per heavy atom. The number of carboxylic acid groups (broad SMARTS) is 1. The first-order valence-corrected chi connectivity index (χ1v) is 15.3. The topological polar surface area (TPSA) is 125 Å². The molecule has 0 unspecified atom stereocenters. The standard InChI is InChI=1S/C29H24Br2N2O7S.Na/c1-14-12-18-24(41-14)26(35)29(25(18)34)22(28(37)38)21(23(40-29)15-2-7-19(30)20(31)13-15)27(36)32-16-3-5-17(6-4-16)33-8-10-39-11-9-33;/h2-7,12-13,21-23H,8-11H2,1H3,(H,32,36)(H,37,38);/q;+1/p-1/t21-,22-,23-,29+;/m0./s1. The van der Waals surface area contributed by atoms with Crippen molar-refractivity contribution >= 4 is 78.0 Å². The third kappa shape index (κ3) is 5.23. The van der Waals surface area contributed by atoms with Crippen LogP contribution < -0.4 is 44.9 Å². The van der Waals surface area contributed by atoms with Crippen LogP contribution in [0.15, 0.2) is 57.5 Å². The van der Waals surface area contributed by atoms with Crippen LogP contribution >= 0.6 is 43.2 Å². The molecule has 3 heterocycles. The number of carbonyl (C=O) groups is 4. The van der Waals surface area contributed by atoms with Crippen LogP contribution in [-0.4, -0.2) is 55.3 Å². The third-order valence-electron chi connectivity index (χ3n) is 7.76. The fraction of sp³-hybridized carbons (Fsp3) is 0.310. The smallest absolute Gasteiger partial charge is 0.550 e. The van der Waals surface area contributed by atoms with Crippen LogP contribution in [0.4, 0.5) is 11.4 Å². The number of anilines is 2. The molecule has 42 heavy (non-hydrogen) atoms. The second-order valence-electron chi connectivity index (χ2n) is 10.2. The SMILES string of the molecule is Cc1cc2c(s1)C(=O)[C@]1(O[C@@H](c3ccc(Br)c(Br)c3)[C@@H](C(=O)Nc3ccc(N4CCOCC4)cc3)[C@H]1C(=O)[O-])C2=O.[Na+]. The number of morpholine rings is 1. The van der Waals surface area contributed by atoms with E-state index in [4.69, 9.17) is 9.47 Å². The molecule has 13 heteroatoms. The third-order valence-corrected chi connectivity index (χ3v) is 10.7. The number of hydrogen-bond acceptors (Lipinski definition) is 9. The summed E-state index contributed by atoms with van der Waals surface area (Å²) in [6, 6.07) is 13.8. The number of carboxylic acids is 1. The van der Waals surface area contributed by atoms with Crippen LogP contribution in [0.5, 0.6) is 0 Å². The predicted molar refractivity (Wildman–Crippen MR) is 156 cm³/mol. The molecule has 4 atom stereocenters. The summed E-state index contributed by atoms with van der Waals surface area (Å²) in [5.74, 6) is -7.23. The summed E-state index contributed by atoms with van der Waals surface area (Å²) >= 11 is 7.94. The molecule has 2 aliphatic heterocycles. The number of amides is 1. The van der Waals surface area contributed by atoms with Gasteiger partial charge in [-0.15, -0.1) is 11.3 Å². The van der Waals surface area contributed by atoms with Gasteiger partial charge in [0.1, 0.15) is 0 Å². The number of rotatable bonds is 5. The second kappa shape index (κ2) is 12.2. The summed E-state index contributed by atoms with van der Waals surface area (Å²) in [5, 5.41) is 15.6. The van der Waals surface area contributed by atoms with Gasteiger partial charge in [0.25, 0.3) is 0 Å². The van der Waals surface area contributed by atoms with E-state index in [9.17, 15) is 24.3 Å². The Balaban J connectivity index is 0.00000353. The predicted octanol–water partition coefficient (Wildman–Crippen LogP) is 0.932. The van der Waals surface area contributed by atoms with E-state index >= 15 is 0 Å². The summed E-state index contributed by atoms with van der Waals surface area (Å²) < 4.78 is 13.0. The maximum absolute atomic E-state index is 13.9. The quantitative estimate of drug-likeness (QED) is 0.305. The molecule has 1 amide bonds. The maximum Gasteiger partial charge on any atom is 1.00 e. The number of Topliss-reactive ketones (excluding diaryl/α,β-unsaturated/α-hetero) is 2. The average Bonchev–Trinajstić information content (AvgIpc) is 3.59. The van der Waals surface area contributed by atoms with E-state index in [0.717, 1.165) is 39.5 Å². The Morgan fingerprint density at radius 1 is 1.02 bits per heavy atom. The van der Waals surface area contributed by atoms with E-state index in [1.54, 1.807) is 43.3 Å². The first-order chi connectivity index (χ1) is 19.6. The van der Waals surface area contributed by atoms with E-state index in [0.29, 0.717) is 28.9 Å². The Labute approximate surface area is 284 Å². The molecule has 2 saturated heterocycles. The Bertz CT molecular complexity index is 1560. The normalized spacial score (nSPS) is 24.9. The van der Waals surface area contributed by atoms with Gasteiger partial charge in [-0.2, -0.15) is 0 Å². The minimum absolute atomic E-state index is 0. The van der Waals surface area contributed by atoms with Gasteiger partial charge in [0.05, 0.1) is 36.0 Å². The summed E-state index contributed by atoms with van der Waals surface area (Å²) in [7, 11) is 0. The minimum Gasteiger partial charge on any atom is -0.550 e. The Kier molecular flexibility index (Phi) is 9.19. The Hall–Kier alpha value is -1.90. The molecule has 0 bridgehead atoms. The first-order valence-electron chi connectivity index (χ1n) is 12.9. The number of halogens is 2. The van der Waals surface area contributed by atoms with Crippen LogP contribution in [0, 0.1) is 18.8 Å². The molecule has 9 nitrogen and oxygen atoms in total. The number of ether oxygens (including phenoxy) is 2. The molecule has 6 rings (SSSR count). The summed E-state index contributed by atoms with van der Waals surface area (Å²) in [6.07, 6.45) is -1.22. The van der Waals surface area contributed by atoms with Gasteiger partial charge in [0.15, 0.2) is 0 Å². The van der Waals surface area contributed by atoms with Crippen LogP contribution in [-0.2, 0) is 19.1 Å².